The maximum absolute atomic E-state index is 12.4. The van der Waals surface area contributed by atoms with Crippen molar-refractivity contribution in [2.75, 3.05) is 6.54 Å². The van der Waals surface area contributed by atoms with Crippen molar-refractivity contribution >= 4 is 21.8 Å². The largest absolute Gasteiger partial charge is 0.350 e. The van der Waals surface area contributed by atoms with Crippen LogP contribution in [0.15, 0.2) is 16.7 Å². The third-order valence-electron chi connectivity index (χ3n) is 4.64. The van der Waals surface area contributed by atoms with E-state index in [1.807, 2.05) is 16.8 Å². The molecule has 1 fully saturated rings. The van der Waals surface area contributed by atoms with Crippen molar-refractivity contribution in [1.29, 1.82) is 0 Å². The summed E-state index contributed by atoms with van der Waals surface area (Å²) >= 11 is 3.46. The van der Waals surface area contributed by atoms with Crippen LogP contribution in [0.25, 0.3) is 0 Å². The number of hydrogen-bond donors (Lipinski definition) is 1. The third-order valence-corrected chi connectivity index (χ3v) is 5.08. The van der Waals surface area contributed by atoms with E-state index in [1.165, 1.54) is 25.7 Å². The average molecular weight is 341 g/mol. The summed E-state index contributed by atoms with van der Waals surface area (Å²) in [5, 5.41) is 3.16. The molecule has 2 rings (SSSR count). The molecule has 1 aliphatic rings. The van der Waals surface area contributed by atoms with Gasteiger partial charge in [-0.05, 0) is 60.5 Å². The van der Waals surface area contributed by atoms with E-state index >= 15 is 0 Å². The van der Waals surface area contributed by atoms with Gasteiger partial charge in [-0.1, -0.05) is 19.8 Å². The van der Waals surface area contributed by atoms with Gasteiger partial charge in [-0.2, -0.15) is 0 Å². The minimum atomic E-state index is 0.0455. The van der Waals surface area contributed by atoms with Crippen molar-refractivity contribution < 1.29 is 4.79 Å². The van der Waals surface area contributed by atoms with Gasteiger partial charge in [-0.3, -0.25) is 4.79 Å². The first-order valence-electron chi connectivity index (χ1n) is 7.63. The smallest absolute Gasteiger partial charge is 0.267 e. The molecule has 1 amide bonds. The Morgan fingerprint density at radius 2 is 2.10 bits per heavy atom. The molecular weight excluding hydrogens is 316 g/mol. The van der Waals surface area contributed by atoms with Gasteiger partial charge in [0.1, 0.15) is 5.69 Å². The zero-order valence-electron chi connectivity index (χ0n) is 12.7. The van der Waals surface area contributed by atoms with Crippen molar-refractivity contribution in [2.24, 2.45) is 5.41 Å². The molecule has 1 N–H and O–H groups in total. The zero-order valence-corrected chi connectivity index (χ0v) is 14.3. The molecule has 1 aromatic heterocycles. The molecule has 1 saturated carbocycles. The maximum atomic E-state index is 12.4. The molecule has 1 aromatic rings. The molecular formula is C16H25BrN2O. The van der Waals surface area contributed by atoms with E-state index in [-0.39, 0.29) is 11.9 Å². The summed E-state index contributed by atoms with van der Waals surface area (Å²) in [5.74, 6) is 0.0455. The Morgan fingerprint density at radius 1 is 1.45 bits per heavy atom. The Labute approximate surface area is 130 Å². The molecule has 1 aliphatic carbocycles. The summed E-state index contributed by atoms with van der Waals surface area (Å²) in [7, 11) is 0. The van der Waals surface area contributed by atoms with Gasteiger partial charge in [0.15, 0.2) is 0 Å². The molecule has 0 aliphatic heterocycles. The fourth-order valence-electron chi connectivity index (χ4n) is 3.19. The van der Waals surface area contributed by atoms with E-state index in [2.05, 4.69) is 42.0 Å². The molecule has 4 heteroatoms. The number of rotatable bonds is 5. The second kappa shape index (κ2) is 6.33. The predicted molar refractivity (Wildman–Crippen MR) is 86.0 cm³/mol. The van der Waals surface area contributed by atoms with Gasteiger partial charge in [0.2, 0.25) is 0 Å². The first-order valence-corrected chi connectivity index (χ1v) is 8.42. The number of nitrogens with zero attached hydrogens (tertiary/aromatic N) is 1. The van der Waals surface area contributed by atoms with Crippen LogP contribution in [-0.4, -0.2) is 17.0 Å². The van der Waals surface area contributed by atoms with Crippen LogP contribution in [0, 0.1) is 5.41 Å². The predicted octanol–water partition coefficient (Wildman–Crippen LogP) is 4.53. The number of amides is 1. The second-order valence-electron chi connectivity index (χ2n) is 6.29. The van der Waals surface area contributed by atoms with Gasteiger partial charge in [-0.15, -0.1) is 0 Å². The lowest BCUT2D eigenvalue weighted by molar-refractivity contribution is 0.0918. The molecule has 0 saturated heterocycles. The minimum absolute atomic E-state index is 0.0455. The van der Waals surface area contributed by atoms with Crippen LogP contribution >= 0.6 is 15.9 Å². The van der Waals surface area contributed by atoms with Gasteiger partial charge < -0.3 is 9.88 Å². The lowest BCUT2D eigenvalue weighted by Crippen LogP contribution is -2.36. The van der Waals surface area contributed by atoms with E-state index in [4.69, 9.17) is 0 Å². The van der Waals surface area contributed by atoms with Gasteiger partial charge in [0.25, 0.3) is 5.91 Å². The highest BCUT2D eigenvalue weighted by Gasteiger charge is 2.32. The fraction of sp³-hybridized carbons (Fsp3) is 0.688. The Balaban J connectivity index is 2.05. The molecule has 112 valence electrons. The lowest BCUT2D eigenvalue weighted by atomic mass is 9.83. The summed E-state index contributed by atoms with van der Waals surface area (Å²) in [6.45, 7) is 7.23. The van der Waals surface area contributed by atoms with Crippen LogP contribution in [0.2, 0.25) is 0 Å². The molecule has 3 nitrogen and oxygen atoms in total. The Morgan fingerprint density at radius 3 is 2.65 bits per heavy atom. The highest BCUT2D eigenvalue weighted by Crippen LogP contribution is 2.40. The number of nitrogens with one attached hydrogen (secondary N) is 1. The molecule has 0 atom stereocenters. The fourth-order valence-corrected chi connectivity index (χ4v) is 3.63. The highest BCUT2D eigenvalue weighted by molar-refractivity contribution is 9.10. The second-order valence-corrected chi connectivity index (χ2v) is 7.20. The number of carbonyl (C=O) groups excluding carboxylic acids is 1. The van der Waals surface area contributed by atoms with Crippen LogP contribution in [0.4, 0.5) is 0 Å². The molecule has 0 radical (unpaired) electrons. The Bertz CT molecular complexity index is 473. The Kier molecular flexibility index (Phi) is 4.95. The number of halogens is 1. The number of carbonyl (C=O) groups is 1. The van der Waals surface area contributed by atoms with Crippen LogP contribution < -0.4 is 5.32 Å². The van der Waals surface area contributed by atoms with Gasteiger partial charge in [-0.25, -0.2) is 0 Å². The van der Waals surface area contributed by atoms with Crippen molar-refractivity contribution in [3.05, 3.63) is 22.4 Å². The van der Waals surface area contributed by atoms with E-state index in [0.29, 0.717) is 5.41 Å². The molecule has 1 heterocycles. The van der Waals surface area contributed by atoms with Crippen LogP contribution in [0.3, 0.4) is 0 Å². The lowest BCUT2D eigenvalue weighted by Gasteiger charge is -2.27. The number of hydrogen-bond acceptors (Lipinski definition) is 1. The van der Waals surface area contributed by atoms with Gasteiger partial charge in [0.05, 0.1) is 0 Å². The quantitative estimate of drug-likeness (QED) is 0.839. The third kappa shape index (κ3) is 3.27. The van der Waals surface area contributed by atoms with Crippen molar-refractivity contribution in [2.45, 2.75) is 58.9 Å². The average Bonchev–Trinajstić information content (AvgIpc) is 3.03. The molecule has 20 heavy (non-hydrogen) atoms. The molecule has 0 spiro atoms. The maximum Gasteiger partial charge on any atom is 0.267 e. The minimum Gasteiger partial charge on any atom is -0.350 e. The standard InChI is InChI=1S/C16H25BrN2O/c1-4-16(7-5-6-8-16)11-18-15(20)14-9-13(17)10-19(14)12(2)3/h9-10,12H,4-8,11H2,1-3H3,(H,18,20). The van der Waals surface area contributed by atoms with Crippen LogP contribution in [0.1, 0.15) is 69.4 Å². The van der Waals surface area contributed by atoms with E-state index in [0.717, 1.165) is 23.1 Å². The molecule has 0 aromatic carbocycles. The normalized spacial score (nSPS) is 17.6. The first kappa shape index (κ1) is 15.6. The van der Waals surface area contributed by atoms with Crippen molar-refractivity contribution in [3.63, 3.8) is 0 Å². The summed E-state index contributed by atoms with van der Waals surface area (Å²) in [4.78, 5) is 12.4. The molecule has 0 unspecified atom stereocenters. The number of aromatic nitrogens is 1. The van der Waals surface area contributed by atoms with E-state index in [1.54, 1.807) is 0 Å². The highest BCUT2D eigenvalue weighted by atomic mass is 79.9. The molecule has 0 bridgehead atoms. The topological polar surface area (TPSA) is 34.0 Å². The van der Waals surface area contributed by atoms with Gasteiger partial charge in [0, 0.05) is 23.3 Å². The van der Waals surface area contributed by atoms with Crippen molar-refractivity contribution in [1.82, 2.24) is 9.88 Å². The van der Waals surface area contributed by atoms with Gasteiger partial charge >= 0.3 is 0 Å². The zero-order chi connectivity index (χ0) is 14.8. The summed E-state index contributed by atoms with van der Waals surface area (Å²) in [6.07, 6.45) is 8.24. The summed E-state index contributed by atoms with van der Waals surface area (Å²) in [5.41, 5.74) is 1.08. The Hall–Kier alpha value is -0.770. The summed E-state index contributed by atoms with van der Waals surface area (Å²) < 4.78 is 2.98. The SMILES string of the molecule is CCC1(CNC(=O)c2cc(Br)cn2C(C)C)CCCC1. The van der Waals surface area contributed by atoms with Crippen LogP contribution in [-0.2, 0) is 0 Å². The monoisotopic (exact) mass is 340 g/mol. The van der Waals surface area contributed by atoms with E-state index < -0.39 is 0 Å². The van der Waals surface area contributed by atoms with E-state index in [9.17, 15) is 4.79 Å². The van der Waals surface area contributed by atoms with Crippen LogP contribution in [0.5, 0.6) is 0 Å². The summed E-state index contributed by atoms with van der Waals surface area (Å²) in [6, 6.07) is 2.19. The van der Waals surface area contributed by atoms with Crippen molar-refractivity contribution in [3.8, 4) is 0 Å². The first-order chi connectivity index (χ1) is 9.47.